The van der Waals surface area contributed by atoms with E-state index in [0.717, 1.165) is 24.9 Å². The van der Waals surface area contributed by atoms with Crippen LogP contribution < -0.4 is 4.74 Å². The molecular formula is C20H24N2O2. The largest absolute Gasteiger partial charge is 0.472 e. The Kier molecular flexibility index (Phi) is 6.55. The fraction of sp³-hybridized carbons (Fsp3) is 0.300. The van der Waals surface area contributed by atoms with Gasteiger partial charge in [0.15, 0.2) is 0 Å². The quantitative estimate of drug-likeness (QED) is 0.593. The first-order chi connectivity index (χ1) is 11.6. The highest BCUT2D eigenvalue weighted by Gasteiger charge is 2.26. The van der Waals surface area contributed by atoms with Gasteiger partial charge in [-0.2, -0.15) is 0 Å². The van der Waals surface area contributed by atoms with E-state index in [0.29, 0.717) is 18.0 Å². The van der Waals surface area contributed by atoms with E-state index in [1.807, 2.05) is 24.0 Å². The van der Waals surface area contributed by atoms with Gasteiger partial charge in [0, 0.05) is 24.4 Å². The van der Waals surface area contributed by atoms with E-state index in [2.05, 4.69) is 18.1 Å². The van der Waals surface area contributed by atoms with E-state index < -0.39 is 0 Å². The summed E-state index contributed by atoms with van der Waals surface area (Å²) in [6.45, 7) is 10.6. The third kappa shape index (κ3) is 4.95. The molecule has 0 radical (unpaired) electrons. The second-order valence-electron chi connectivity index (χ2n) is 5.76. The normalized spacial score (nSPS) is 18.5. The third-order valence-electron chi connectivity index (χ3n) is 3.80. The van der Waals surface area contributed by atoms with Crippen LogP contribution in [0.4, 0.5) is 0 Å². The fourth-order valence-electron chi connectivity index (χ4n) is 2.64. The zero-order chi connectivity index (χ0) is 17.4. The fourth-order valence-corrected chi connectivity index (χ4v) is 2.64. The number of amides is 1. The summed E-state index contributed by atoms with van der Waals surface area (Å²) in [5, 5.41) is 0. The first kappa shape index (κ1) is 17.7. The number of aromatic nitrogens is 1. The number of hydrogen-bond donors (Lipinski definition) is 0. The van der Waals surface area contributed by atoms with Crippen LogP contribution in [-0.4, -0.2) is 35.0 Å². The summed E-state index contributed by atoms with van der Waals surface area (Å²) in [5.41, 5.74) is 1.70. The lowest BCUT2D eigenvalue weighted by molar-refractivity contribution is -0.129. The third-order valence-corrected chi connectivity index (χ3v) is 3.80. The Hall–Kier alpha value is -2.62. The van der Waals surface area contributed by atoms with Gasteiger partial charge in [-0.15, -0.1) is 0 Å². The van der Waals surface area contributed by atoms with Crippen LogP contribution in [0.25, 0.3) is 0 Å². The van der Waals surface area contributed by atoms with Crippen LogP contribution in [0.1, 0.15) is 18.4 Å². The number of carbonyl (C=O) groups is 1. The molecule has 1 aromatic heterocycles. The van der Waals surface area contributed by atoms with Gasteiger partial charge in [0.1, 0.15) is 6.10 Å². The van der Waals surface area contributed by atoms with Crippen molar-refractivity contribution in [2.75, 3.05) is 13.1 Å². The molecule has 0 spiro atoms. The second-order valence-corrected chi connectivity index (χ2v) is 5.76. The molecular weight excluding hydrogens is 300 g/mol. The van der Waals surface area contributed by atoms with E-state index in [4.69, 9.17) is 4.74 Å². The minimum Gasteiger partial charge on any atom is -0.472 e. The molecule has 1 amide bonds. The van der Waals surface area contributed by atoms with Crippen LogP contribution in [0.3, 0.4) is 0 Å². The average molecular weight is 324 g/mol. The van der Waals surface area contributed by atoms with Crippen LogP contribution in [0.2, 0.25) is 0 Å². The SMILES string of the molecule is C=C/C=C\C(=C/C=C)C(=O)N1CCC[C@@H](Oc2cc(C)ccn2)C1. The summed E-state index contributed by atoms with van der Waals surface area (Å²) < 4.78 is 5.96. The van der Waals surface area contributed by atoms with Gasteiger partial charge < -0.3 is 9.64 Å². The van der Waals surface area contributed by atoms with E-state index >= 15 is 0 Å². The van der Waals surface area contributed by atoms with Gasteiger partial charge in [-0.05, 0) is 37.5 Å². The van der Waals surface area contributed by atoms with Crippen molar-refractivity contribution >= 4 is 5.91 Å². The smallest absolute Gasteiger partial charge is 0.253 e. The predicted octanol–water partition coefficient (Wildman–Crippen LogP) is 3.61. The first-order valence-electron chi connectivity index (χ1n) is 8.14. The van der Waals surface area contributed by atoms with Crippen LogP contribution in [0.5, 0.6) is 5.88 Å². The Morgan fingerprint density at radius 3 is 2.96 bits per heavy atom. The lowest BCUT2D eigenvalue weighted by atomic mass is 10.1. The minimum atomic E-state index is -0.0367. The maximum atomic E-state index is 12.7. The van der Waals surface area contributed by atoms with Gasteiger partial charge in [0.2, 0.25) is 5.88 Å². The lowest BCUT2D eigenvalue weighted by Gasteiger charge is -2.33. The maximum absolute atomic E-state index is 12.7. The highest BCUT2D eigenvalue weighted by molar-refractivity contribution is 5.96. The van der Waals surface area contributed by atoms with Gasteiger partial charge in [-0.3, -0.25) is 4.79 Å². The molecule has 1 aromatic rings. The summed E-state index contributed by atoms with van der Waals surface area (Å²) in [6.07, 6.45) is 12.0. The molecule has 4 heteroatoms. The monoisotopic (exact) mass is 324 g/mol. The second kappa shape index (κ2) is 8.87. The number of hydrogen-bond acceptors (Lipinski definition) is 3. The number of nitrogens with zero attached hydrogens (tertiary/aromatic N) is 2. The topological polar surface area (TPSA) is 42.4 Å². The molecule has 1 aliphatic heterocycles. The number of allylic oxidation sites excluding steroid dienone is 4. The summed E-state index contributed by atoms with van der Waals surface area (Å²) in [6, 6.07) is 3.85. The number of carbonyl (C=O) groups excluding carboxylic acids is 1. The number of ether oxygens (including phenoxy) is 1. The van der Waals surface area contributed by atoms with Crippen molar-refractivity contribution < 1.29 is 9.53 Å². The maximum Gasteiger partial charge on any atom is 0.253 e. The summed E-state index contributed by atoms with van der Waals surface area (Å²) in [5.74, 6) is 0.598. The predicted molar refractivity (Wildman–Crippen MR) is 96.8 cm³/mol. The molecule has 1 atom stereocenters. The number of likely N-dealkylation sites (tertiary alicyclic amines) is 1. The van der Waals surface area contributed by atoms with Crippen molar-refractivity contribution in [2.45, 2.75) is 25.9 Å². The van der Waals surface area contributed by atoms with Crippen molar-refractivity contribution in [1.82, 2.24) is 9.88 Å². The number of pyridine rings is 1. The van der Waals surface area contributed by atoms with Gasteiger partial charge >= 0.3 is 0 Å². The van der Waals surface area contributed by atoms with Crippen LogP contribution >= 0.6 is 0 Å². The summed E-state index contributed by atoms with van der Waals surface area (Å²) in [4.78, 5) is 18.8. The zero-order valence-electron chi connectivity index (χ0n) is 14.1. The van der Waals surface area contributed by atoms with Crippen molar-refractivity contribution in [3.05, 3.63) is 73.0 Å². The van der Waals surface area contributed by atoms with E-state index in [1.54, 1.807) is 36.6 Å². The first-order valence-corrected chi connectivity index (χ1v) is 8.14. The van der Waals surface area contributed by atoms with Crippen molar-refractivity contribution in [3.63, 3.8) is 0 Å². The molecule has 0 aliphatic carbocycles. The number of rotatable bonds is 6. The molecule has 24 heavy (non-hydrogen) atoms. The minimum absolute atomic E-state index is 0.0153. The molecule has 4 nitrogen and oxygen atoms in total. The molecule has 1 saturated heterocycles. The summed E-state index contributed by atoms with van der Waals surface area (Å²) in [7, 11) is 0. The highest BCUT2D eigenvalue weighted by Crippen LogP contribution is 2.19. The molecule has 0 saturated carbocycles. The van der Waals surface area contributed by atoms with E-state index in [9.17, 15) is 4.79 Å². The molecule has 1 fully saturated rings. The van der Waals surface area contributed by atoms with Crippen molar-refractivity contribution in [3.8, 4) is 5.88 Å². The molecule has 2 rings (SSSR count). The van der Waals surface area contributed by atoms with E-state index in [1.165, 1.54) is 0 Å². The Morgan fingerprint density at radius 1 is 1.42 bits per heavy atom. The molecule has 0 unspecified atom stereocenters. The molecule has 2 heterocycles. The number of aryl methyl sites for hydroxylation is 1. The van der Waals surface area contributed by atoms with Crippen molar-refractivity contribution in [2.24, 2.45) is 0 Å². The van der Waals surface area contributed by atoms with Gasteiger partial charge in [0.25, 0.3) is 5.91 Å². The summed E-state index contributed by atoms with van der Waals surface area (Å²) >= 11 is 0. The van der Waals surface area contributed by atoms with Gasteiger partial charge in [-0.25, -0.2) is 4.98 Å². The molecule has 0 bridgehead atoms. The molecule has 1 aliphatic rings. The average Bonchev–Trinajstić information content (AvgIpc) is 2.58. The van der Waals surface area contributed by atoms with Crippen LogP contribution in [0, 0.1) is 6.92 Å². The lowest BCUT2D eigenvalue weighted by Crippen LogP contribution is -2.44. The van der Waals surface area contributed by atoms with Crippen molar-refractivity contribution in [1.29, 1.82) is 0 Å². The Balaban J connectivity index is 2.04. The molecule has 0 aromatic carbocycles. The number of piperidine rings is 1. The van der Waals surface area contributed by atoms with Crippen LogP contribution in [-0.2, 0) is 4.79 Å². The Morgan fingerprint density at radius 2 is 2.25 bits per heavy atom. The van der Waals surface area contributed by atoms with Gasteiger partial charge in [-0.1, -0.05) is 37.5 Å². The highest BCUT2D eigenvalue weighted by atomic mass is 16.5. The van der Waals surface area contributed by atoms with E-state index in [-0.39, 0.29) is 12.0 Å². The van der Waals surface area contributed by atoms with Crippen LogP contribution in [0.15, 0.2) is 67.4 Å². The Labute approximate surface area is 143 Å². The Bertz CT molecular complexity index is 661. The molecule has 126 valence electrons. The zero-order valence-corrected chi connectivity index (χ0v) is 14.1. The standard InChI is InChI=1S/C20H24N2O2/c1-4-6-9-17(8-5-2)20(23)22-13-7-10-18(15-22)24-19-14-16(3)11-12-21-19/h4-6,8-9,11-12,14,18H,1-2,7,10,13,15H2,3H3/b9-6-,17-8+/t18-/m1/s1. The molecule has 0 N–H and O–H groups in total. The van der Waals surface area contributed by atoms with Gasteiger partial charge in [0.05, 0.1) is 6.54 Å².